The van der Waals surface area contributed by atoms with Gasteiger partial charge in [0, 0.05) is 5.92 Å². The SMILES string of the molecule is CC(CN=C=O)c1ccc2c(c1)CCC2. The molecule has 2 nitrogen and oxygen atoms in total. The lowest BCUT2D eigenvalue weighted by Crippen LogP contribution is -1.98. The normalized spacial score (nSPS) is 15.5. The van der Waals surface area contributed by atoms with Crippen molar-refractivity contribution < 1.29 is 4.79 Å². The van der Waals surface area contributed by atoms with Crippen LogP contribution in [0.5, 0.6) is 0 Å². The fourth-order valence-corrected chi connectivity index (χ4v) is 2.18. The highest BCUT2D eigenvalue weighted by atomic mass is 16.1. The number of hydrogen-bond donors (Lipinski definition) is 0. The van der Waals surface area contributed by atoms with E-state index in [-0.39, 0.29) is 0 Å². The molecule has 0 amide bonds. The number of aliphatic imine (C=N–C) groups is 1. The van der Waals surface area contributed by atoms with Crippen molar-refractivity contribution in [1.82, 2.24) is 0 Å². The van der Waals surface area contributed by atoms with Crippen LogP contribution in [0.25, 0.3) is 0 Å². The van der Waals surface area contributed by atoms with Crippen molar-refractivity contribution in [3.05, 3.63) is 34.9 Å². The Bertz CT molecular complexity index is 405. The summed E-state index contributed by atoms with van der Waals surface area (Å²) >= 11 is 0. The molecule has 0 radical (unpaired) electrons. The van der Waals surface area contributed by atoms with Gasteiger partial charge in [-0.25, -0.2) is 9.79 Å². The summed E-state index contributed by atoms with van der Waals surface area (Å²) in [5.74, 6) is 0.317. The molecule has 0 heterocycles. The third kappa shape index (κ3) is 2.16. The number of rotatable bonds is 3. The summed E-state index contributed by atoms with van der Waals surface area (Å²) in [4.78, 5) is 13.7. The van der Waals surface area contributed by atoms with Gasteiger partial charge in [0.05, 0.1) is 6.54 Å². The Morgan fingerprint density at radius 2 is 2.20 bits per heavy atom. The number of carbonyl (C=O) groups excluding carboxylic acids is 1. The summed E-state index contributed by atoms with van der Waals surface area (Å²) in [7, 11) is 0. The number of hydrogen-bond acceptors (Lipinski definition) is 2. The van der Waals surface area contributed by atoms with Gasteiger partial charge in [-0.3, -0.25) is 0 Å². The standard InChI is InChI=1S/C13H15NO/c1-10(8-14-9-15)12-6-5-11-3-2-4-13(11)7-12/h5-7,10H,2-4,8H2,1H3. The second-order valence-corrected chi connectivity index (χ2v) is 4.21. The van der Waals surface area contributed by atoms with E-state index in [1.807, 2.05) is 0 Å². The lowest BCUT2D eigenvalue weighted by molar-refractivity contribution is 0.561. The smallest absolute Gasteiger partial charge is 0.211 e. The van der Waals surface area contributed by atoms with Crippen LogP contribution >= 0.6 is 0 Å². The Labute approximate surface area is 90.0 Å². The third-order valence-corrected chi connectivity index (χ3v) is 3.12. The number of fused-ring (bicyclic) bond motifs is 1. The monoisotopic (exact) mass is 201 g/mol. The molecule has 0 N–H and O–H groups in total. The highest BCUT2D eigenvalue weighted by molar-refractivity contribution is 5.37. The van der Waals surface area contributed by atoms with Gasteiger partial charge in [0.2, 0.25) is 6.08 Å². The molecule has 0 aromatic heterocycles. The van der Waals surface area contributed by atoms with Crippen molar-refractivity contribution in [2.75, 3.05) is 6.54 Å². The van der Waals surface area contributed by atoms with Crippen molar-refractivity contribution in [1.29, 1.82) is 0 Å². The van der Waals surface area contributed by atoms with Crippen LogP contribution in [0.2, 0.25) is 0 Å². The molecule has 2 rings (SSSR count). The van der Waals surface area contributed by atoms with E-state index < -0.39 is 0 Å². The second kappa shape index (κ2) is 4.41. The van der Waals surface area contributed by atoms with Gasteiger partial charge in [0.1, 0.15) is 0 Å². The van der Waals surface area contributed by atoms with E-state index in [2.05, 4.69) is 30.1 Å². The maximum Gasteiger partial charge on any atom is 0.234 e. The molecule has 15 heavy (non-hydrogen) atoms. The van der Waals surface area contributed by atoms with E-state index >= 15 is 0 Å². The number of nitrogens with zero attached hydrogens (tertiary/aromatic N) is 1. The topological polar surface area (TPSA) is 29.4 Å². The van der Waals surface area contributed by atoms with Gasteiger partial charge in [0.25, 0.3) is 0 Å². The first-order valence-corrected chi connectivity index (χ1v) is 5.46. The average molecular weight is 201 g/mol. The van der Waals surface area contributed by atoms with Crippen LogP contribution in [-0.2, 0) is 17.6 Å². The first-order chi connectivity index (χ1) is 7.31. The summed E-state index contributed by atoms with van der Waals surface area (Å²) < 4.78 is 0. The Balaban J connectivity index is 2.18. The van der Waals surface area contributed by atoms with Crippen LogP contribution in [0.4, 0.5) is 0 Å². The van der Waals surface area contributed by atoms with Gasteiger partial charge in [-0.1, -0.05) is 25.1 Å². The van der Waals surface area contributed by atoms with Crippen LogP contribution in [0.15, 0.2) is 23.2 Å². The lowest BCUT2D eigenvalue weighted by Gasteiger charge is -2.10. The van der Waals surface area contributed by atoms with Crippen molar-refractivity contribution in [3.8, 4) is 0 Å². The largest absolute Gasteiger partial charge is 0.234 e. The second-order valence-electron chi connectivity index (χ2n) is 4.21. The molecule has 1 atom stereocenters. The molecule has 0 fully saturated rings. The number of isocyanates is 1. The quantitative estimate of drug-likeness (QED) is 0.546. The van der Waals surface area contributed by atoms with Gasteiger partial charge in [0.15, 0.2) is 0 Å². The van der Waals surface area contributed by atoms with Crippen LogP contribution in [-0.4, -0.2) is 12.6 Å². The van der Waals surface area contributed by atoms with E-state index in [9.17, 15) is 4.79 Å². The molecule has 78 valence electrons. The molecular formula is C13H15NO. The van der Waals surface area contributed by atoms with Crippen molar-refractivity contribution in [3.63, 3.8) is 0 Å². The van der Waals surface area contributed by atoms with Crippen molar-refractivity contribution in [2.24, 2.45) is 4.99 Å². The van der Waals surface area contributed by atoms with Gasteiger partial charge >= 0.3 is 0 Å². The van der Waals surface area contributed by atoms with E-state index in [1.165, 1.54) is 36.0 Å². The Morgan fingerprint density at radius 3 is 3.00 bits per heavy atom. The van der Waals surface area contributed by atoms with E-state index in [1.54, 1.807) is 6.08 Å². The summed E-state index contributed by atoms with van der Waals surface area (Å²) in [5, 5.41) is 0. The summed E-state index contributed by atoms with van der Waals surface area (Å²) in [6.07, 6.45) is 5.29. The van der Waals surface area contributed by atoms with E-state index in [4.69, 9.17) is 0 Å². The lowest BCUT2D eigenvalue weighted by atomic mass is 9.97. The van der Waals surface area contributed by atoms with Gasteiger partial charge in [-0.15, -0.1) is 0 Å². The molecule has 0 bridgehead atoms. The van der Waals surface area contributed by atoms with Crippen LogP contribution < -0.4 is 0 Å². The van der Waals surface area contributed by atoms with Gasteiger partial charge in [-0.2, -0.15) is 0 Å². The average Bonchev–Trinajstić information content (AvgIpc) is 2.72. The molecule has 0 spiro atoms. The molecule has 1 unspecified atom stereocenters. The molecular weight excluding hydrogens is 186 g/mol. The maximum atomic E-state index is 10.0. The van der Waals surface area contributed by atoms with E-state index in [0.29, 0.717) is 12.5 Å². The molecule has 1 aromatic carbocycles. The predicted molar refractivity (Wildman–Crippen MR) is 59.9 cm³/mol. The Hall–Kier alpha value is -1.40. The summed E-state index contributed by atoms with van der Waals surface area (Å²) in [6, 6.07) is 6.65. The Kier molecular flexibility index (Phi) is 2.98. The minimum Gasteiger partial charge on any atom is -0.211 e. The highest BCUT2D eigenvalue weighted by Gasteiger charge is 2.13. The van der Waals surface area contributed by atoms with Crippen molar-refractivity contribution in [2.45, 2.75) is 32.1 Å². The fourth-order valence-electron chi connectivity index (χ4n) is 2.18. The van der Waals surface area contributed by atoms with Gasteiger partial charge < -0.3 is 0 Å². The molecule has 0 aliphatic heterocycles. The molecule has 1 aliphatic carbocycles. The van der Waals surface area contributed by atoms with Gasteiger partial charge in [-0.05, 0) is 36.0 Å². The zero-order chi connectivity index (χ0) is 10.7. The molecule has 0 saturated heterocycles. The maximum absolute atomic E-state index is 10.0. The first-order valence-electron chi connectivity index (χ1n) is 5.46. The molecule has 1 aliphatic rings. The fraction of sp³-hybridized carbons (Fsp3) is 0.462. The molecule has 0 saturated carbocycles. The molecule has 2 heteroatoms. The highest BCUT2D eigenvalue weighted by Crippen LogP contribution is 2.26. The number of aryl methyl sites for hydroxylation is 2. The zero-order valence-corrected chi connectivity index (χ0v) is 8.99. The van der Waals surface area contributed by atoms with Crippen molar-refractivity contribution >= 4 is 6.08 Å². The van der Waals surface area contributed by atoms with Crippen LogP contribution in [0.1, 0.15) is 36.0 Å². The Morgan fingerprint density at radius 1 is 1.40 bits per heavy atom. The van der Waals surface area contributed by atoms with E-state index in [0.717, 1.165) is 0 Å². The summed E-state index contributed by atoms with van der Waals surface area (Å²) in [5.41, 5.74) is 4.26. The van der Waals surface area contributed by atoms with Crippen LogP contribution in [0.3, 0.4) is 0 Å². The summed E-state index contributed by atoms with van der Waals surface area (Å²) in [6.45, 7) is 2.64. The molecule has 1 aromatic rings. The first kappa shape index (κ1) is 10.1. The predicted octanol–water partition coefficient (Wildman–Crippen LogP) is 2.61. The minimum absolute atomic E-state index is 0.317. The minimum atomic E-state index is 0.317. The zero-order valence-electron chi connectivity index (χ0n) is 8.99. The number of benzene rings is 1. The third-order valence-electron chi connectivity index (χ3n) is 3.12. The van der Waals surface area contributed by atoms with Crippen LogP contribution in [0, 0.1) is 0 Å².